The van der Waals surface area contributed by atoms with Gasteiger partial charge in [-0.05, 0) is 54.7 Å². The molecule has 1 aromatic carbocycles. The average molecular weight is 392 g/mol. The molecule has 3 amide bonds. The molecule has 2 fully saturated rings. The SMILES string of the molecule is O=C(CC(c1ccco1)N1C(=O)C2C3C=CC(C3)C2C1=O)Nc1ccc(O)cc1. The number of rotatable bonds is 5. The number of carbonyl (C=O) groups excluding carboxylic acids is 3. The van der Waals surface area contributed by atoms with E-state index in [1.807, 2.05) is 12.2 Å². The second-order valence-electron chi connectivity index (χ2n) is 7.88. The van der Waals surface area contributed by atoms with Crippen molar-refractivity contribution in [1.29, 1.82) is 0 Å². The molecule has 2 aliphatic carbocycles. The number of furan rings is 1. The molecule has 148 valence electrons. The minimum Gasteiger partial charge on any atom is -0.508 e. The number of likely N-dealkylation sites (tertiary alicyclic amines) is 1. The van der Waals surface area contributed by atoms with Gasteiger partial charge in [0.2, 0.25) is 17.7 Å². The van der Waals surface area contributed by atoms with Crippen molar-refractivity contribution in [2.45, 2.75) is 18.9 Å². The number of anilines is 1. The summed E-state index contributed by atoms with van der Waals surface area (Å²) in [4.78, 5) is 40.3. The van der Waals surface area contributed by atoms with Crippen LogP contribution in [0.3, 0.4) is 0 Å². The highest BCUT2D eigenvalue weighted by atomic mass is 16.3. The Kier molecular flexibility index (Phi) is 4.04. The summed E-state index contributed by atoms with van der Waals surface area (Å²) >= 11 is 0. The Bertz CT molecular complexity index is 965. The summed E-state index contributed by atoms with van der Waals surface area (Å²) in [6.07, 6.45) is 6.30. The first-order chi connectivity index (χ1) is 14.0. The Hall–Kier alpha value is -3.35. The van der Waals surface area contributed by atoms with Crippen molar-refractivity contribution in [3.05, 3.63) is 60.6 Å². The van der Waals surface area contributed by atoms with Gasteiger partial charge in [-0.2, -0.15) is 0 Å². The first kappa shape index (κ1) is 17.7. The van der Waals surface area contributed by atoms with Crippen molar-refractivity contribution in [3.63, 3.8) is 0 Å². The molecule has 2 N–H and O–H groups in total. The summed E-state index contributed by atoms with van der Waals surface area (Å²) in [7, 11) is 0. The Labute approximate surface area is 167 Å². The molecule has 5 atom stereocenters. The van der Waals surface area contributed by atoms with Gasteiger partial charge in [-0.25, -0.2) is 0 Å². The number of carbonyl (C=O) groups is 3. The number of nitrogens with one attached hydrogen (secondary N) is 1. The van der Waals surface area contributed by atoms with Crippen LogP contribution in [0.25, 0.3) is 0 Å². The second-order valence-corrected chi connectivity index (χ2v) is 7.88. The fraction of sp³-hybridized carbons (Fsp3) is 0.318. The number of fused-ring (bicyclic) bond motifs is 5. The van der Waals surface area contributed by atoms with Crippen molar-refractivity contribution in [1.82, 2.24) is 4.90 Å². The van der Waals surface area contributed by atoms with Gasteiger partial charge in [0.05, 0.1) is 24.5 Å². The third-order valence-corrected chi connectivity index (χ3v) is 6.22. The summed E-state index contributed by atoms with van der Waals surface area (Å²) in [5.74, 6) is -0.705. The van der Waals surface area contributed by atoms with E-state index in [1.54, 1.807) is 24.3 Å². The molecule has 1 saturated heterocycles. The summed E-state index contributed by atoms with van der Waals surface area (Å²) in [5.41, 5.74) is 0.518. The van der Waals surface area contributed by atoms with Crippen LogP contribution in [0.1, 0.15) is 24.6 Å². The number of allylic oxidation sites excluding steroid dienone is 2. The Morgan fingerprint density at radius 3 is 2.34 bits per heavy atom. The lowest BCUT2D eigenvalue weighted by Gasteiger charge is -2.26. The minimum atomic E-state index is -0.785. The maximum absolute atomic E-state index is 13.2. The van der Waals surface area contributed by atoms with E-state index < -0.39 is 6.04 Å². The number of phenols is 1. The average Bonchev–Trinajstić information content (AvgIpc) is 3.48. The molecular weight excluding hydrogens is 372 g/mol. The van der Waals surface area contributed by atoms with Crippen molar-refractivity contribution < 1.29 is 23.9 Å². The van der Waals surface area contributed by atoms with Crippen LogP contribution >= 0.6 is 0 Å². The van der Waals surface area contributed by atoms with Crippen molar-refractivity contribution in [2.24, 2.45) is 23.7 Å². The van der Waals surface area contributed by atoms with Crippen molar-refractivity contribution >= 4 is 23.4 Å². The van der Waals surface area contributed by atoms with Crippen LogP contribution < -0.4 is 5.32 Å². The van der Waals surface area contributed by atoms with Crippen LogP contribution in [0.15, 0.2) is 59.2 Å². The van der Waals surface area contributed by atoms with Gasteiger partial charge in [-0.1, -0.05) is 12.2 Å². The highest BCUT2D eigenvalue weighted by Gasteiger charge is 2.60. The second kappa shape index (κ2) is 6.62. The maximum Gasteiger partial charge on any atom is 0.234 e. The molecular formula is C22H20N2O5. The fourth-order valence-electron chi connectivity index (χ4n) is 4.96. The van der Waals surface area contributed by atoms with E-state index in [4.69, 9.17) is 4.42 Å². The minimum absolute atomic E-state index is 0.0968. The van der Waals surface area contributed by atoms with E-state index in [0.717, 1.165) is 6.42 Å². The van der Waals surface area contributed by atoms with Crippen LogP contribution in [0.5, 0.6) is 5.75 Å². The third kappa shape index (κ3) is 2.85. The first-order valence-corrected chi connectivity index (χ1v) is 9.70. The first-order valence-electron chi connectivity index (χ1n) is 9.70. The molecule has 7 heteroatoms. The molecule has 1 aromatic heterocycles. The van der Waals surface area contributed by atoms with Gasteiger partial charge < -0.3 is 14.8 Å². The molecule has 2 bridgehead atoms. The molecule has 1 saturated carbocycles. The van der Waals surface area contributed by atoms with Gasteiger partial charge in [0.1, 0.15) is 17.6 Å². The van der Waals surface area contributed by atoms with Crippen LogP contribution in [-0.2, 0) is 14.4 Å². The van der Waals surface area contributed by atoms with E-state index in [9.17, 15) is 19.5 Å². The molecule has 5 unspecified atom stereocenters. The number of imide groups is 1. The lowest BCUT2D eigenvalue weighted by atomic mass is 9.85. The molecule has 0 spiro atoms. The molecule has 2 heterocycles. The number of hydrogen-bond donors (Lipinski definition) is 2. The molecule has 5 rings (SSSR count). The number of aromatic hydroxyl groups is 1. The summed E-state index contributed by atoms with van der Waals surface area (Å²) < 4.78 is 5.49. The highest BCUT2D eigenvalue weighted by Crippen LogP contribution is 2.54. The van der Waals surface area contributed by atoms with E-state index in [2.05, 4.69) is 5.32 Å². The third-order valence-electron chi connectivity index (χ3n) is 6.22. The molecule has 3 aliphatic rings. The molecule has 1 aliphatic heterocycles. The zero-order chi connectivity index (χ0) is 20.1. The van der Waals surface area contributed by atoms with E-state index in [1.165, 1.54) is 23.3 Å². The van der Waals surface area contributed by atoms with Gasteiger partial charge >= 0.3 is 0 Å². The molecule has 2 aromatic rings. The van der Waals surface area contributed by atoms with Gasteiger partial charge in [0.25, 0.3) is 0 Å². The fourth-order valence-corrected chi connectivity index (χ4v) is 4.96. The van der Waals surface area contributed by atoms with Gasteiger partial charge in [-0.3, -0.25) is 19.3 Å². The summed E-state index contributed by atoms with van der Waals surface area (Å²) in [6.45, 7) is 0. The van der Waals surface area contributed by atoms with Gasteiger partial charge in [0.15, 0.2) is 0 Å². The van der Waals surface area contributed by atoms with Gasteiger partial charge in [-0.15, -0.1) is 0 Å². The number of nitrogens with zero attached hydrogens (tertiary/aromatic N) is 1. The zero-order valence-electron chi connectivity index (χ0n) is 15.5. The van der Waals surface area contributed by atoms with Crippen LogP contribution in [0.2, 0.25) is 0 Å². The van der Waals surface area contributed by atoms with Crippen molar-refractivity contribution in [3.8, 4) is 5.75 Å². The van der Waals surface area contributed by atoms with E-state index in [0.29, 0.717) is 11.4 Å². The van der Waals surface area contributed by atoms with Crippen molar-refractivity contribution in [2.75, 3.05) is 5.32 Å². The predicted octanol–water partition coefficient (Wildman–Crippen LogP) is 2.86. The highest BCUT2D eigenvalue weighted by molar-refractivity contribution is 6.07. The Morgan fingerprint density at radius 1 is 1.10 bits per heavy atom. The van der Waals surface area contributed by atoms with Crippen LogP contribution in [-0.4, -0.2) is 27.7 Å². The van der Waals surface area contributed by atoms with Crippen LogP contribution in [0, 0.1) is 23.7 Å². The number of hydrogen-bond acceptors (Lipinski definition) is 5. The zero-order valence-corrected chi connectivity index (χ0v) is 15.5. The maximum atomic E-state index is 13.2. The monoisotopic (exact) mass is 392 g/mol. The lowest BCUT2D eigenvalue weighted by Crippen LogP contribution is -2.38. The largest absolute Gasteiger partial charge is 0.508 e. The topological polar surface area (TPSA) is 99.9 Å². The standard InChI is InChI=1S/C22H20N2O5/c25-15-7-5-14(6-8-15)23-18(26)11-16(17-2-1-9-29-17)24-21(27)19-12-3-4-13(10-12)20(19)22(24)28/h1-9,12-13,16,19-20,25H,10-11H2,(H,23,26). The number of amides is 3. The smallest absolute Gasteiger partial charge is 0.234 e. The number of benzene rings is 1. The Morgan fingerprint density at radius 2 is 1.76 bits per heavy atom. The summed E-state index contributed by atoms with van der Waals surface area (Å²) in [5, 5.41) is 12.1. The lowest BCUT2D eigenvalue weighted by molar-refractivity contribution is -0.144. The normalized spacial score (nSPS) is 28.1. The molecule has 0 radical (unpaired) electrons. The summed E-state index contributed by atoms with van der Waals surface area (Å²) in [6, 6.07) is 8.67. The van der Waals surface area contributed by atoms with E-state index in [-0.39, 0.29) is 53.6 Å². The number of phenolic OH excluding ortho intramolecular Hbond substituents is 1. The quantitative estimate of drug-likeness (QED) is 0.463. The van der Waals surface area contributed by atoms with E-state index >= 15 is 0 Å². The van der Waals surface area contributed by atoms with Gasteiger partial charge in [0, 0.05) is 5.69 Å². The molecule has 29 heavy (non-hydrogen) atoms. The Balaban J connectivity index is 1.40. The molecule has 7 nitrogen and oxygen atoms in total. The van der Waals surface area contributed by atoms with Crippen LogP contribution in [0.4, 0.5) is 5.69 Å². The predicted molar refractivity (Wildman–Crippen MR) is 102 cm³/mol.